The lowest BCUT2D eigenvalue weighted by molar-refractivity contribution is -0.137. The molecule has 2 atom stereocenters. The molecule has 0 bridgehead atoms. The molecule has 0 heterocycles. The topological polar surface area (TPSA) is 46.5 Å². The van der Waals surface area contributed by atoms with Gasteiger partial charge in [0, 0.05) is 7.11 Å². The molecule has 2 aromatic carbocycles. The van der Waals surface area contributed by atoms with Crippen molar-refractivity contribution in [3.63, 3.8) is 0 Å². The fourth-order valence-corrected chi connectivity index (χ4v) is 3.36. The van der Waals surface area contributed by atoms with Gasteiger partial charge in [-0.1, -0.05) is 36.4 Å². The summed E-state index contributed by atoms with van der Waals surface area (Å²) in [4.78, 5) is 11.1. The average molecular weight is 270 g/mol. The molecule has 3 heteroatoms. The second-order valence-electron chi connectivity index (χ2n) is 5.39. The summed E-state index contributed by atoms with van der Waals surface area (Å²) in [7, 11) is 1.72. The average Bonchev–Trinajstić information content (AvgIpc) is 2.46. The first-order valence-electron chi connectivity index (χ1n) is 6.97. The number of hydrogen-bond acceptors (Lipinski definition) is 2. The molecular weight excluding hydrogens is 252 g/mol. The predicted octanol–water partition coefficient (Wildman–Crippen LogP) is 3.88. The zero-order chi connectivity index (χ0) is 14.1. The monoisotopic (exact) mass is 270 g/mol. The van der Waals surface area contributed by atoms with Gasteiger partial charge in [0.25, 0.3) is 0 Å². The van der Waals surface area contributed by atoms with E-state index >= 15 is 0 Å². The number of carboxylic acids is 1. The van der Waals surface area contributed by atoms with Crippen LogP contribution in [0.2, 0.25) is 0 Å². The van der Waals surface area contributed by atoms with Crippen molar-refractivity contribution in [2.45, 2.75) is 31.3 Å². The molecule has 0 aromatic heterocycles. The van der Waals surface area contributed by atoms with Crippen LogP contribution in [0.15, 0.2) is 36.4 Å². The Morgan fingerprint density at radius 2 is 2.05 bits per heavy atom. The highest BCUT2D eigenvalue weighted by Gasteiger charge is 2.30. The molecule has 1 aliphatic rings. The number of ether oxygens (including phenoxy) is 1. The molecule has 3 nitrogen and oxygen atoms in total. The van der Waals surface area contributed by atoms with Crippen LogP contribution in [0.3, 0.4) is 0 Å². The number of carboxylic acid groups (broad SMARTS) is 1. The molecule has 0 saturated heterocycles. The predicted molar refractivity (Wildman–Crippen MR) is 77.9 cm³/mol. The van der Waals surface area contributed by atoms with Gasteiger partial charge < -0.3 is 9.84 Å². The first kappa shape index (κ1) is 13.1. The molecule has 0 radical (unpaired) electrons. The Morgan fingerprint density at radius 1 is 1.25 bits per heavy atom. The van der Waals surface area contributed by atoms with Crippen LogP contribution in [-0.2, 0) is 9.53 Å². The second-order valence-corrected chi connectivity index (χ2v) is 5.39. The summed E-state index contributed by atoms with van der Waals surface area (Å²) in [5.41, 5.74) is 2.33. The summed E-state index contributed by atoms with van der Waals surface area (Å²) >= 11 is 0. The minimum absolute atomic E-state index is 0.0830. The van der Waals surface area contributed by atoms with Crippen molar-refractivity contribution in [3.8, 4) is 0 Å². The number of benzene rings is 2. The van der Waals surface area contributed by atoms with Crippen LogP contribution in [0, 0.1) is 0 Å². The standard InChI is InChI=1S/C17H18O3/c1-20-15-9-7-12(10-16(18)19)17-13-5-3-2-4-11(13)6-8-14(15)17/h2-6,8,12,15H,7,9-10H2,1H3,(H,18,19). The normalized spacial score (nSPS) is 21.6. The molecule has 20 heavy (non-hydrogen) atoms. The van der Waals surface area contributed by atoms with Crippen molar-refractivity contribution in [3.05, 3.63) is 47.5 Å². The zero-order valence-corrected chi connectivity index (χ0v) is 11.5. The molecule has 104 valence electrons. The van der Waals surface area contributed by atoms with Gasteiger partial charge in [0.15, 0.2) is 0 Å². The fraction of sp³-hybridized carbons (Fsp3) is 0.353. The summed E-state index contributed by atoms with van der Waals surface area (Å²) in [6.07, 6.45) is 2.03. The van der Waals surface area contributed by atoms with E-state index in [0.29, 0.717) is 0 Å². The lowest BCUT2D eigenvalue weighted by Gasteiger charge is -2.31. The van der Waals surface area contributed by atoms with E-state index in [1.165, 1.54) is 10.9 Å². The molecular formula is C17H18O3. The van der Waals surface area contributed by atoms with Crippen LogP contribution in [0.1, 0.15) is 42.4 Å². The molecule has 0 spiro atoms. The van der Waals surface area contributed by atoms with Gasteiger partial charge in [-0.15, -0.1) is 0 Å². The van der Waals surface area contributed by atoms with Gasteiger partial charge in [-0.25, -0.2) is 0 Å². The Bertz CT molecular complexity index is 648. The summed E-state index contributed by atoms with van der Waals surface area (Å²) in [6.45, 7) is 0. The smallest absolute Gasteiger partial charge is 0.303 e. The molecule has 0 saturated carbocycles. The van der Waals surface area contributed by atoms with Gasteiger partial charge in [0.05, 0.1) is 12.5 Å². The first-order chi connectivity index (χ1) is 9.70. The number of rotatable bonds is 3. The zero-order valence-electron chi connectivity index (χ0n) is 11.5. The quantitative estimate of drug-likeness (QED) is 0.920. The van der Waals surface area contributed by atoms with Crippen LogP contribution in [0.4, 0.5) is 0 Å². The molecule has 1 aliphatic carbocycles. The molecule has 2 aromatic rings. The minimum Gasteiger partial charge on any atom is -0.481 e. The van der Waals surface area contributed by atoms with Crippen LogP contribution in [0.25, 0.3) is 10.8 Å². The van der Waals surface area contributed by atoms with Crippen LogP contribution in [-0.4, -0.2) is 18.2 Å². The minimum atomic E-state index is -0.732. The molecule has 3 rings (SSSR count). The van der Waals surface area contributed by atoms with Gasteiger partial charge in [-0.2, -0.15) is 0 Å². The van der Waals surface area contributed by atoms with Crippen LogP contribution < -0.4 is 0 Å². The summed E-state index contributed by atoms with van der Waals surface area (Å²) < 4.78 is 5.57. The van der Waals surface area contributed by atoms with Crippen molar-refractivity contribution in [1.82, 2.24) is 0 Å². The molecule has 0 aliphatic heterocycles. The number of fused-ring (bicyclic) bond motifs is 3. The molecule has 1 N–H and O–H groups in total. The third-order valence-electron chi connectivity index (χ3n) is 4.24. The van der Waals surface area contributed by atoms with E-state index in [-0.39, 0.29) is 18.4 Å². The van der Waals surface area contributed by atoms with Gasteiger partial charge >= 0.3 is 5.97 Å². The maximum atomic E-state index is 11.1. The van der Waals surface area contributed by atoms with E-state index < -0.39 is 5.97 Å². The Balaban J connectivity index is 2.20. The lowest BCUT2D eigenvalue weighted by Crippen LogP contribution is -2.18. The van der Waals surface area contributed by atoms with Gasteiger partial charge in [0.2, 0.25) is 0 Å². The molecule has 0 fully saturated rings. The van der Waals surface area contributed by atoms with E-state index in [9.17, 15) is 4.79 Å². The van der Waals surface area contributed by atoms with Gasteiger partial charge in [-0.3, -0.25) is 4.79 Å². The Labute approximate surface area is 118 Å². The molecule has 2 unspecified atom stereocenters. The first-order valence-corrected chi connectivity index (χ1v) is 6.97. The number of hydrogen-bond donors (Lipinski definition) is 1. The van der Waals surface area contributed by atoms with Crippen molar-refractivity contribution < 1.29 is 14.6 Å². The lowest BCUT2D eigenvalue weighted by atomic mass is 9.77. The Morgan fingerprint density at radius 3 is 2.80 bits per heavy atom. The number of aliphatic carboxylic acids is 1. The van der Waals surface area contributed by atoms with Crippen molar-refractivity contribution in [2.24, 2.45) is 0 Å². The maximum Gasteiger partial charge on any atom is 0.303 e. The van der Waals surface area contributed by atoms with Crippen LogP contribution >= 0.6 is 0 Å². The van der Waals surface area contributed by atoms with E-state index in [1.54, 1.807) is 7.11 Å². The highest BCUT2D eigenvalue weighted by Crippen LogP contribution is 2.44. The van der Waals surface area contributed by atoms with Gasteiger partial charge in [0.1, 0.15) is 0 Å². The SMILES string of the molecule is COC1CCC(CC(=O)O)c2c1ccc1ccccc21. The Hall–Kier alpha value is -1.87. The summed E-state index contributed by atoms with van der Waals surface area (Å²) in [5.74, 6) is -0.648. The molecule has 0 amide bonds. The largest absolute Gasteiger partial charge is 0.481 e. The van der Waals surface area contributed by atoms with Crippen LogP contribution in [0.5, 0.6) is 0 Å². The summed E-state index contributed by atoms with van der Waals surface area (Å²) in [6, 6.07) is 12.4. The van der Waals surface area contributed by atoms with Crippen molar-refractivity contribution in [2.75, 3.05) is 7.11 Å². The third-order valence-corrected chi connectivity index (χ3v) is 4.24. The van der Waals surface area contributed by atoms with E-state index in [1.807, 2.05) is 12.1 Å². The maximum absolute atomic E-state index is 11.1. The Kier molecular flexibility index (Phi) is 3.45. The fourth-order valence-electron chi connectivity index (χ4n) is 3.36. The summed E-state index contributed by atoms with van der Waals surface area (Å²) in [5, 5.41) is 11.5. The van der Waals surface area contributed by atoms with Crippen molar-refractivity contribution in [1.29, 1.82) is 0 Å². The third kappa shape index (κ3) is 2.18. The highest BCUT2D eigenvalue weighted by molar-refractivity contribution is 5.88. The van der Waals surface area contributed by atoms with Crippen molar-refractivity contribution >= 4 is 16.7 Å². The van der Waals surface area contributed by atoms with E-state index in [0.717, 1.165) is 23.8 Å². The van der Waals surface area contributed by atoms with E-state index in [4.69, 9.17) is 9.84 Å². The van der Waals surface area contributed by atoms with E-state index in [2.05, 4.69) is 24.3 Å². The highest BCUT2D eigenvalue weighted by atomic mass is 16.5. The second kappa shape index (κ2) is 5.25. The van der Waals surface area contributed by atoms with Gasteiger partial charge in [-0.05, 0) is 40.7 Å². The number of methoxy groups -OCH3 is 1. The number of carbonyl (C=O) groups is 1.